The lowest BCUT2D eigenvalue weighted by molar-refractivity contribution is -0.141. The van der Waals surface area contributed by atoms with Crippen molar-refractivity contribution in [2.45, 2.75) is 25.8 Å². The average molecular weight is 341 g/mol. The van der Waals surface area contributed by atoms with Gasteiger partial charge in [0.15, 0.2) is 0 Å². The van der Waals surface area contributed by atoms with Crippen LogP contribution in [0.25, 0.3) is 0 Å². The van der Waals surface area contributed by atoms with E-state index in [0.717, 1.165) is 0 Å². The summed E-state index contributed by atoms with van der Waals surface area (Å²) in [6.45, 7) is 2.15. The molecule has 4 N–H and O–H groups in total. The van der Waals surface area contributed by atoms with Crippen molar-refractivity contribution in [1.29, 1.82) is 0 Å². The molecule has 0 fully saturated rings. The molecule has 1 unspecified atom stereocenters. The third-order valence-corrected chi connectivity index (χ3v) is 2.46. The predicted octanol–water partition coefficient (Wildman–Crippen LogP) is 0.148. The summed E-state index contributed by atoms with van der Waals surface area (Å²) < 4.78 is 0.252. The molecule has 0 spiro atoms. The van der Waals surface area contributed by atoms with Gasteiger partial charge < -0.3 is 16.2 Å². The van der Waals surface area contributed by atoms with Crippen LogP contribution in [0.5, 0.6) is 0 Å². The number of carboxylic acids is 1. The second kappa shape index (κ2) is 8.31. The quantitative estimate of drug-likeness (QED) is 0.202. The van der Waals surface area contributed by atoms with Crippen molar-refractivity contribution in [1.82, 2.24) is 5.32 Å². The zero-order valence-corrected chi connectivity index (χ0v) is 11.2. The number of alkyl halides is 1. The van der Waals surface area contributed by atoms with Crippen molar-refractivity contribution in [2.75, 3.05) is 11.0 Å². The van der Waals surface area contributed by atoms with E-state index in [2.05, 4.69) is 10.3 Å². The van der Waals surface area contributed by atoms with Crippen LogP contribution in [-0.2, 0) is 9.59 Å². The first-order valence-electron chi connectivity index (χ1n) is 4.82. The average Bonchev–Trinajstić information content (AvgIpc) is 2.21. The number of amidine groups is 1. The van der Waals surface area contributed by atoms with Crippen LogP contribution < -0.4 is 11.1 Å². The van der Waals surface area contributed by atoms with Gasteiger partial charge in [-0.05, 0) is 19.8 Å². The van der Waals surface area contributed by atoms with E-state index in [1.54, 1.807) is 6.92 Å². The zero-order valence-electron chi connectivity index (χ0n) is 9.07. The fourth-order valence-corrected chi connectivity index (χ4v) is 1.26. The van der Waals surface area contributed by atoms with Gasteiger partial charge in [0.25, 0.3) is 0 Å². The van der Waals surface area contributed by atoms with Gasteiger partial charge in [0.2, 0.25) is 5.91 Å². The van der Waals surface area contributed by atoms with Crippen molar-refractivity contribution in [2.24, 2.45) is 10.7 Å². The number of carbonyl (C=O) groups excluding carboxylic acids is 1. The molecule has 0 heterocycles. The van der Waals surface area contributed by atoms with Crippen molar-refractivity contribution >= 4 is 40.3 Å². The fraction of sp³-hybridized carbons (Fsp3) is 0.667. The van der Waals surface area contributed by atoms with Crippen molar-refractivity contribution in [3.8, 4) is 0 Å². The predicted molar refractivity (Wildman–Crippen MR) is 69.9 cm³/mol. The summed E-state index contributed by atoms with van der Waals surface area (Å²) in [7, 11) is 0. The fourth-order valence-electron chi connectivity index (χ4n) is 1.04. The standard InChI is InChI=1S/C9H16IN3O3/c1-6(11)12-4-2-3-7(9(15)16)13-8(14)5-10/h7H,2-5H2,1H3,(H2,11,12)(H,13,14)(H,15,16). The van der Waals surface area contributed by atoms with E-state index in [9.17, 15) is 9.59 Å². The van der Waals surface area contributed by atoms with Crippen molar-refractivity contribution in [3.63, 3.8) is 0 Å². The number of nitrogens with two attached hydrogens (primary N) is 1. The Morgan fingerprint density at radius 1 is 1.56 bits per heavy atom. The molecule has 7 heteroatoms. The topological polar surface area (TPSA) is 105 Å². The molecule has 0 rings (SSSR count). The van der Waals surface area contributed by atoms with Crippen LogP contribution in [0.15, 0.2) is 4.99 Å². The minimum absolute atomic E-state index is 0.252. The monoisotopic (exact) mass is 341 g/mol. The Morgan fingerprint density at radius 3 is 2.62 bits per heavy atom. The molecule has 16 heavy (non-hydrogen) atoms. The van der Waals surface area contributed by atoms with Gasteiger partial charge in [0.05, 0.1) is 10.3 Å². The molecule has 0 radical (unpaired) electrons. The van der Waals surface area contributed by atoms with Gasteiger partial charge in [-0.3, -0.25) is 9.79 Å². The highest BCUT2D eigenvalue weighted by Crippen LogP contribution is 1.99. The molecular weight excluding hydrogens is 325 g/mol. The number of carbonyl (C=O) groups is 2. The number of aliphatic imine (C=N–C) groups is 1. The molecule has 1 atom stereocenters. The minimum Gasteiger partial charge on any atom is -0.480 e. The highest BCUT2D eigenvalue weighted by Gasteiger charge is 2.18. The minimum atomic E-state index is -1.02. The molecule has 0 saturated carbocycles. The number of hydrogen-bond donors (Lipinski definition) is 3. The first kappa shape index (κ1) is 15.1. The van der Waals surface area contributed by atoms with Crippen LogP contribution in [0.1, 0.15) is 19.8 Å². The Hall–Kier alpha value is -0.860. The summed E-state index contributed by atoms with van der Waals surface area (Å²) in [6.07, 6.45) is 0.932. The number of halogens is 1. The zero-order chi connectivity index (χ0) is 12.6. The molecule has 0 aliphatic heterocycles. The molecule has 0 aliphatic rings. The van der Waals surface area contributed by atoms with Gasteiger partial charge >= 0.3 is 5.97 Å². The molecule has 0 bridgehead atoms. The van der Waals surface area contributed by atoms with Crippen LogP contribution >= 0.6 is 22.6 Å². The largest absolute Gasteiger partial charge is 0.480 e. The molecule has 92 valence electrons. The van der Waals surface area contributed by atoms with Crippen LogP contribution in [0.2, 0.25) is 0 Å². The van der Waals surface area contributed by atoms with Gasteiger partial charge in [-0.25, -0.2) is 4.79 Å². The molecule has 6 nitrogen and oxygen atoms in total. The second-order valence-corrected chi connectivity index (χ2v) is 4.02. The van der Waals surface area contributed by atoms with Gasteiger partial charge in [0.1, 0.15) is 6.04 Å². The smallest absolute Gasteiger partial charge is 0.326 e. The number of nitrogens with one attached hydrogen (secondary N) is 1. The van der Waals surface area contributed by atoms with Crippen LogP contribution in [0, 0.1) is 0 Å². The lowest BCUT2D eigenvalue weighted by atomic mass is 10.1. The summed E-state index contributed by atoms with van der Waals surface area (Å²) in [6, 6.07) is -0.837. The highest BCUT2D eigenvalue weighted by molar-refractivity contribution is 14.1. The SMILES string of the molecule is CC(N)=NCCCC(NC(=O)CI)C(=O)O. The Labute approximate surface area is 108 Å². The molecule has 0 aromatic rings. The summed E-state index contributed by atoms with van der Waals surface area (Å²) >= 11 is 1.88. The van der Waals surface area contributed by atoms with Gasteiger partial charge in [-0.2, -0.15) is 0 Å². The third kappa shape index (κ3) is 7.43. The molecule has 0 aromatic carbocycles. The summed E-state index contributed by atoms with van der Waals surface area (Å²) in [5, 5.41) is 11.3. The molecular formula is C9H16IN3O3. The highest BCUT2D eigenvalue weighted by atomic mass is 127. The molecule has 0 aromatic heterocycles. The van der Waals surface area contributed by atoms with Crippen LogP contribution in [0.4, 0.5) is 0 Å². The Morgan fingerprint density at radius 2 is 2.19 bits per heavy atom. The lowest BCUT2D eigenvalue weighted by Crippen LogP contribution is -2.41. The number of aliphatic carboxylic acids is 1. The summed E-state index contributed by atoms with van der Waals surface area (Å²) in [5.74, 6) is -0.818. The van der Waals surface area contributed by atoms with E-state index in [1.807, 2.05) is 22.6 Å². The van der Waals surface area contributed by atoms with Crippen molar-refractivity contribution < 1.29 is 14.7 Å². The van der Waals surface area contributed by atoms with E-state index < -0.39 is 12.0 Å². The normalized spacial score (nSPS) is 13.2. The number of carboxylic acid groups (broad SMARTS) is 1. The first-order valence-corrected chi connectivity index (χ1v) is 6.34. The van der Waals surface area contributed by atoms with Crippen LogP contribution in [-0.4, -0.2) is 39.8 Å². The molecule has 0 saturated heterocycles. The number of rotatable bonds is 7. The maximum atomic E-state index is 11.0. The number of nitrogens with zero attached hydrogens (tertiary/aromatic N) is 1. The van der Waals surface area contributed by atoms with Gasteiger partial charge in [-0.1, -0.05) is 22.6 Å². The van der Waals surface area contributed by atoms with Gasteiger partial charge in [0, 0.05) is 6.54 Å². The Kier molecular flexibility index (Phi) is 7.86. The second-order valence-electron chi connectivity index (χ2n) is 3.26. The third-order valence-electron chi connectivity index (χ3n) is 1.77. The number of amides is 1. The Bertz CT molecular complexity index is 277. The Balaban J connectivity index is 4.00. The molecule has 0 aliphatic carbocycles. The van der Waals surface area contributed by atoms with Crippen molar-refractivity contribution in [3.05, 3.63) is 0 Å². The van der Waals surface area contributed by atoms with Crippen LogP contribution in [0.3, 0.4) is 0 Å². The first-order chi connectivity index (χ1) is 7.47. The summed E-state index contributed by atoms with van der Waals surface area (Å²) in [5.41, 5.74) is 5.33. The van der Waals surface area contributed by atoms with E-state index in [1.165, 1.54) is 0 Å². The number of hydrogen-bond acceptors (Lipinski definition) is 3. The van der Waals surface area contributed by atoms with E-state index >= 15 is 0 Å². The van der Waals surface area contributed by atoms with E-state index in [-0.39, 0.29) is 10.3 Å². The molecule has 1 amide bonds. The maximum Gasteiger partial charge on any atom is 0.326 e. The van der Waals surface area contributed by atoms with E-state index in [0.29, 0.717) is 25.2 Å². The maximum absolute atomic E-state index is 11.0. The summed E-state index contributed by atoms with van der Waals surface area (Å²) in [4.78, 5) is 25.8. The lowest BCUT2D eigenvalue weighted by Gasteiger charge is -2.12. The van der Waals surface area contributed by atoms with Gasteiger partial charge in [-0.15, -0.1) is 0 Å². The van der Waals surface area contributed by atoms with E-state index in [4.69, 9.17) is 10.8 Å².